The monoisotopic (exact) mass is 358 g/mol. The third-order valence-electron chi connectivity index (χ3n) is 3.88. The lowest BCUT2D eigenvalue weighted by molar-refractivity contribution is 0.0275. The zero-order chi connectivity index (χ0) is 18.5. The van der Waals surface area contributed by atoms with Gasteiger partial charge in [0.2, 0.25) is 0 Å². The molecule has 0 spiro atoms. The van der Waals surface area contributed by atoms with Crippen molar-refractivity contribution in [3.8, 4) is 6.07 Å². The highest BCUT2D eigenvalue weighted by molar-refractivity contribution is 6.00. The molecule has 1 aliphatic heterocycles. The third kappa shape index (κ3) is 4.14. The topological polar surface area (TPSA) is 86.2 Å². The first-order chi connectivity index (χ1) is 12.6. The number of hydrogen-bond acceptors (Lipinski definition) is 4. The fraction of sp³-hybridized carbons (Fsp3) is 0.222. The summed E-state index contributed by atoms with van der Waals surface area (Å²) in [7, 11) is 0. The SMILES string of the molecule is N#Cc1ccc(F)c(NC(=O)Nc2ccc(C3CNCCO3)cc2F)c1. The number of anilines is 2. The van der Waals surface area contributed by atoms with Gasteiger partial charge in [-0.15, -0.1) is 0 Å². The van der Waals surface area contributed by atoms with E-state index in [1.165, 1.54) is 24.3 Å². The van der Waals surface area contributed by atoms with Crippen LogP contribution >= 0.6 is 0 Å². The zero-order valence-electron chi connectivity index (χ0n) is 13.7. The van der Waals surface area contributed by atoms with E-state index in [4.69, 9.17) is 10.00 Å². The average Bonchev–Trinajstić information content (AvgIpc) is 2.66. The van der Waals surface area contributed by atoms with E-state index in [9.17, 15) is 13.6 Å². The number of morpholine rings is 1. The molecule has 3 rings (SSSR count). The summed E-state index contributed by atoms with van der Waals surface area (Å²) in [4.78, 5) is 12.0. The van der Waals surface area contributed by atoms with Gasteiger partial charge in [-0.3, -0.25) is 0 Å². The number of halogens is 2. The molecular formula is C18H16F2N4O2. The molecule has 1 saturated heterocycles. The fourth-order valence-corrected chi connectivity index (χ4v) is 2.58. The number of rotatable bonds is 3. The van der Waals surface area contributed by atoms with E-state index in [1.807, 2.05) is 6.07 Å². The molecule has 1 heterocycles. The number of nitrogens with zero attached hydrogens (tertiary/aromatic N) is 1. The Bertz CT molecular complexity index is 861. The van der Waals surface area contributed by atoms with Gasteiger partial charge in [-0.2, -0.15) is 5.26 Å². The first-order valence-electron chi connectivity index (χ1n) is 7.96. The van der Waals surface area contributed by atoms with E-state index in [0.29, 0.717) is 18.7 Å². The molecule has 0 aliphatic carbocycles. The summed E-state index contributed by atoms with van der Waals surface area (Å²) in [5, 5.41) is 16.6. The van der Waals surface area contributed by atoms with Gasteiger partial charge in [0.1, 0.15) is 11.6 Å². The van der Waals surface area contributed by atoms with Gasteiger partial charge in [-0.25, -0.2) is 13.6 Å². The van der Waals surface area contributed by atoms with Gasteiger partial charge in [0.25, 0.3) is 0 Å². The van der Waals surface area contributed by atoms with Crippen LogP contribution in [0.25, 0.3) is 0 Å². The van der Waals surface area contributed by atoms with Crippen LogP contribution in [0.15, 0.2) is 36.4 Å². The van der Waals surface area contributed by atoms with Gasteiger partial charge in [-0.1, -0.05) is 6.07 Å². The van der Waals surface area contributed by atoms with Crippen LogP contribution in [0.2, 0.25) is 0 Å². The number of carbonyl (C=O) groups is 1. The molecule has 1 fully saturated rings. The molecule has 0 aromatic heterocycles. The van der Waals surface area contributed by atoms with Gasteiger partial charge >= 0.3 is 6.03 Å². The lowest BCUT2D eigenvalue weighted by Crippen LogP contribution is -2.33. The van der Waals surface area contributed by atoms with Crippen LogP contribution in [0, 0.1) is 23.0 Å². The van der Waals surface area contributed by atoms with E-state index >= 15 is 0 Å². The molecule has 8 heteroatoms. The van der Waals surface area contributed by atoms with E-state index in [0.717, 1.165) is 12.6 Å². The standard InChI is InChI=1S/C18H16F2N4O2/c19-13-3-1-11(9-21)7-16(13)24-18(25)23-15-4-2-12(8-14(15)20)17-10-22-5-6-26-17/h1-4,7-8,17,22H,5-6,10H2,(H2,23,24,25). The minimum Gasteiger partial charge on any atom is -0.371 e. The molecule has 1 unspecified atom stereocenters. The summed E-state index contributed by atoms with van der Waals surface area (Å²) in [5.41, 5.74) is 0.638. The second-order valence-electron chi connectivity index (χ2n) is 5.69. The second-order valence-corrected chi connectivity index (χ2v) is 5.69. The molecule has 1 aliphatic rings. The van der Waals surface area contributed by atoms with Crippen molar-refractivity contribution in [2.24, 2.45) is 0 Å². The van der Waals surface area contributed by atoms with Crippen molar-refractivity contribution in [2.45, 2.75) is 6.10 Å². The molecule has 0 radical (unpaired) electrons. The van der Waals surface area contributed by atoms with Gasteiger partial charge < -0.3 is 20.7 Å². The van der Waals surface area contributed by atoms with Crippen LogP contribution in [0.1, 0.15) is 17.2 Å². The number of amides is 2. The van der Waals surface area contributed by atoms with Crippen molar-refractivity contribution in [1.82, 2.24) is 5.32 Å². The number of ether oxygens (including phenoxy) is 1. The largest absolute Gasteiger partial charge is 0.371 e. The van der Waals surface area contributed by atoms with Crippen LogP contribution in [0.4, 0.5) is 25.0 Å². The number of nitriles is 1. The van der Waals surface area contributed by atoms with Crippen molar-refractivity contribution in [3.05, 3.63) is 59.2 Å². The Kier molecular flexibility index (Phi) is 5.41. The fourth-order valence-electron chi connectivity index (χ4n) is 2.58. The quantitative estimate of drug-likeness (QED) is 0.787. The van der Waals surface area contributed by atoms with Gasteiger partial charge in [0.05, 0.1) is 35.7 Å². The smallest absolute Gasteiger partial charge is 0.323 e. The van der Waals surface area contributed by atoms with Crippen molar-refractivity contribution in [1.29, 1.82) is 5.26 Å². The van der Waals surface area contributed by atoms with Crippen molar-refractivity contribution in [3.63, 3.8) is 0 Å². The normalized spacial score (nSPS) is 16.6. The van der Waals surface area contributed by atoms with Gasteiger partial charge in [0, 0.05) is 13.1 Å². The van der Waals surface area contributed by atoms with Crippen LogP contribution in [-0.4, -0.2) is 25.7 Å². The molecule has 2 aromatic rings. The van der Waals surface area contributed by atoms with Crippen molar-refractivity contribution >= 4 is 17.4 Å². The number of benzene rings is 2. The summed E-state index contributed by atoms with van der Waals surface area (Å²) in [6, 6.07) is 8.97. The first kappa shape index (κ1) is 17.8. The van der Waals surface area contributed by atoms with Crippen molar-refractivity contribution in [2.75, 3.05) is 30.3 Å². The molecule has 2 amide bonds. The Hall–Kier alpha value is -3.02. The average molecular weight is 358 g/mol. The van der Waals surface area contributed by atoms with Crippen LogP contribution < -0.4 is 16.0 Å². The van der Waals surface area contributed by atoms with Gasteiger partial charge in [0.15, 0.2) is 0 Å². The third-order valence-corrected chi connectivity index (χ3v) is 3.88. The maximum atomic E-state index is 14.3. The molecule has 2 aromatic carbocycles. The summed E-state index contributed by atoms with van der Waals surface area (Å²) in [6.07, 6.45) is -0.246. The highest BCUT2D eigenvalue weighted by Crippen LogP contribution is 2.24. The highest BCUT2D eigenvalue weighted by Gasteiger charge is 2.18. The molecule has 0 bridgehead atoms. The molecule has 26 heavy (non-hydrogen) atoms. The van der Waals surface area contributed by atoms with Crippen LogP contribution in [0.5, 0.6) is 0 Å². The summed E-state index contributed by atoms with van der Waals surface area (Å²) in [5.74, 6) is -1.32. The molecular weight excluding hydrogens is 342 g/mol. The van der Waals surface area contributed by atoms with E-state index in [-0.39, 0.29) is 23.0 Å². The highest BCUT2D eigenvalue weighted by atomic mass is 19.1. The van der Waals surface area contributed by atoms with Gasteiger partial charge in [-0.05, 0) is 35.9 Å². The number of urea groups is 1. The predicted molar refractivity (Wildman–Crippen MR) is 91.7 cm³/mol. The second kappa shape index (κ2) is 7.91. The number of nitrogens with one attached hydrogen (secondary N) is 3. The maximum Gasteiger partial charge on any atom is 0.323 e. The lowest BCUT2D eigenvalue weighted by atomic mass is 10.1. The Balaban J connectivity index is 1.68. The minimum absolute atomic E-state index is 0.0492. The predicted octanol–water partition coefficient (Wildman–Crippen LogP) is 3.14. The van der Waals surface area contributed by atoms with E-state index in [1.54, 1.807) is 6.07 Å². The molecule has 134 valence electrons. The summed E-state index contributed by atoms with van der Waals surface area (Å²) in [6.45, 7) is 1.88. The minimum atomic E-state index is -0.818. The number of carbonyl (C=O) groups excluding carboxylic acids is 1. The molecule has 1 atom stereocenters. The Morgan fingerprint density at radius 1 is 1.15 bits per heavy atom. The first-order valence-corrected chi connectivity index (χ1v) is 7.96. The van der Waals surface area contributed by atoms with E-state index < -0.39 is 17.7 Å². The molecule has 6 nitrogen and oxygen atoms in total. The summed E-state index contributed by atoms with van der Waals surface area (Å²) < 4.78 is 33.5. The molecule has 3 N–H and O–H groups in total. The lowest BCUT2D eigenvalue weighted by Gasteiger charge is -2.24. The van der Waals surface area contributed by atoms with E-state index in [2.05, 4.69) is 16.0 Å². The van der Waals surface area contributed by atoms with Crippen LogP contribution in [0.3, 0.4) is 0 Å². The summed E-state index contributed by atoms with van der Waals surface area (Å²) >= 11 is 0. The Morgan fingerprint density at radius 3 is 2.65 bits per heavy atom. The van der Waals surface area contributed by atoms with Crippen molar-refractivity contribution < 1.29 is 18.3 Å². The zero-order valence-corrected chi connectivity index (χ0v) is 13.7. The number of hydrogen-bond donors (Lipinski definition) is 3. The Labute approximate surface area is 148 Å². The molecule has 0 saturated carbocycles. The van der Waals surface area contributed by atoms with Crippen LogP contribution in [-0.2, 0) is 4.74 Å². The maximum absolute atomic E-state index is 14.3. The Morgan fingerprint density at radius 2 is 1.96 bits per heavy atom.